The molecule has 0 bridgehead atoms. The maximum Gasteiger partial charge on any atom is 0.336 e. The third-order valence-electron chi connectivity index (χ3n) is 14.4. The molecule has 0 amide bonds. The Morgan fingerprint density at radius 1 is 0.781 bits per heavy atom. The van der Waals surface area contributed by atoms with Crippen LogP contribution in [0.15, 0.2) is 78.9 Å². The molecule has 4 aromatic carbocycles. The van der Waals surface area contributed by atoms with Gasteiger partial charge in [0.2, 0.25) is 0 Å². The highest BCUT2D eigenvalue weighted by molar-refractivity contribution is 6.76. The van der Waals surface area contributed by atoms with Gasteiger partial charge in [-0.3, -0.25) is 0 Å². The summed E-state index contributed by atoms with van der Waals surface area (Å²) in [5.41, 5.74) is 9.51. The molecule has 3 atom stereocenters. The monoisotopic (exact) mass is 882 g/mol. The average Bonchev–Trinajstić information content (AvgIpc) is 3.26. The number of ether oxygens (including phenoxy) is 2. The minimum Gasteiger partial charge on any atom is -0.543 e. The van der Waals surface area contributed by atoms with Crippen molar-refractivity contribution in [2.45, 2.75) is 176 Å². The van der Waals surface area contributed by atoms with Crippen LogP contribution in [-0.2, 0) is 17.3 Å². The molecule has 0 spiro atoms. The molecule has 5 rings (SSSR count). The fourth-order valence-electron chi connectivity index (χ4n) is 9.88. The van der Waals surface area contributed by atoms with Crippen LogP contribution in [0, 0.1) is 49.9 Å². The molecule has 4 aromatic rings. The number of hydrogen-bond acceptors (Lipinski definition) is 5. The molecule has 0 aromatic heterocycles. The van der Waals surface area contributed by atoms with E-state index < -0.39 is 8.32 Å². The van der Waals surface area contributed by atoms with Gasteiger partial charge in [0.05, 0.1) is 11.6 Å². The SMILES string of the molecule is Cc1c(C)c2c(c(C)c1OC(=O)/C=C/c1ccc(C[Si](Oc3ccc(-c4ccccc4C#N)cc3)(C(C)C)C(C)C)cc1)CC[C@@](C)(CCCC(C)CCCC(C)CCCC(C)C)O2. The molecule has 0 saturated carbocycles. The van der Waals surface area contributed by atoms with Crippen LogP contribution in [0.2, 0.25) is 11.1 Å². The Kier molecular flexibility index (Phi) is 18.1. The van der Waals surface area contributed by atoms with Gasteiger partial charge in [0, 0.05) is 17.7 Å². The molecule has 0 saturated heterocycles. The predicted molar refractivity (Wildman–Crippen MR) is 271 cm³/mol. The average molecular weight is 882 g/mol. The van der Waals surface area contributed by atoms with E-state index in [0.717, 1.165) is 87.9 Å². The van der Waals surface area contributed by atoms with Gasteiger partial charge >= 0.3 is 5.97 Å². The second kappa shape index (κ2) is 23.0. The number of nitriles is 1. The summed E-state index contributed by atoms with van der Waals surface area (Å²) < 4.78 is 20.0. The van der Waals surface area contributed by atoms with Gasteiger partial charge in [-0.25, -0.2) is 4.79 Å². The van der Waals surface area contributed by atoms with Gasteiger partial charge in [-0.15, -0.1) is 0 Å². The summed E-state index contributed by atoms with van der Waals surface area (Å²) in [5.74, 6) is 4.53. The molecule has 64 heavy (non-hydrogen) atoms. The first-order valence-electron chi connectivity index (χ1n) is 24.5. The Morgan fingerprint density at radius 2 is 1.39 bits per heavy atom. The van der Waals surface area contributed by atoms with E-state index in [4.69, 9.17) is 13.9 Å². The van der Waals surface area contributed by atoms with Crippen molar-refractivity contribution in [1.82, 2.24) is 0 Å². The van der Waals surface area contributed by atoms with Crippen molar-refractivity contribution in [2.75, 3.05) is 0 Å². The molecule has 1 aliphatic heterocycles. The first kappa shape index (κ1) is 50.4. The molecule has 2 unspecified atom stereocenters. The van der Waals surface area contributed by atoms with Crippen LogP contribution in [0.1, 0.15) is 165 Å². The summed E-state index contributed by atoms with van der Waals surface area (Å²) in [6.07, 6.45) is 16.9. The second-order valence-electron chi connectivity index (χ2n) is 20.6. The molecule has 344 valence electrons. The largest absolute Gasteiger partial charge is 0.543 e. The van der Waals surface area contributed by atoms with Gasteiger partial charge in [0.15, 0.2) is 0 Å². The molecule has 0 N–H and O–H groups in total. The normalized spacial score (nSPS) is 16.2. The first-order chi connectivity index (χ1) is 30.4. The molecule has 1 heterocycles. The summed E-state index contributed by atoms with van der Waals surface area (Å²) in [6.45, 7) is 27.2. The van der Waals surface area contributed by atoms with E-state index in [1.807, 2.05) is 49.4 Å². The number of esters is 1. The van der Waals surface area contributed by atoms with Crippen molar-refractivity contribution in [3.8, 4) is 34.4 Å². The first-order valence-corrected chi connectivity index (χ1v) is 26.8. The van der Waals surface area contributed by atoms with Crippen LogP contribution in [0.5, 0.6) is 17.2 Å². The minimum absolute atomic E-state index is 0.183. The highest BCUT2D eigenvalue weighted by atomic mass is 28.4. The summed E-state index contributed by atoms with van der Waals surface area (Å²) >= 11 is 0. The van der Waals surface area contributed by atoms with E-state index in [1.54, 1.807) is 0 Å². The van der Waals surface area contributed by atoms with E-state index in [9.17, 15) is 10.1 Å². The Hall–Kier alpha value is -4.60. The molecule has 1 aliphatic rings. The van der Waals surface area contributed by atoms with Crippen molar-refractivity contribution in [3.63, 3.8) is 0 Å². The quantitative estimate of drug-likeness (QED) is 0.0340. The highest BCUT2D eigenvalue weighted by Gasteiger charge is 2.44. The summed E-state index contributed by atoms with van der Waals surface area (Å²) in [7, 11) is -2.35. The van der Waals surface area contributed by atoms with Gasteiger partial charge in [0.25, 0.3) is 8.32 Å². The smallest absolute Gasteiger partial charge is 0.336 e. The lowest BCUT2D eigenvalue weighted by Gasteiger charge is -2.39. The fourth-order valence-corrected chi connectivity index (χ4v) is 14.0. The van der Waals surface area contributed by atoms with Gasteiger partial charge in [0.1, 0.15) is 22.8 Å². The van der Waals surface area contributed by atoms with Crippen LogP contribution in [-0.4, -0.2) is 19.9 Å². The predicted octanol–water partition coefficient (Wildman–Crippen LogP) is 16.2. The van der Waals surface area contributed by atoms with Crippen LogP contribution in [0.4, 0.5) is 0 Å². The van der Waals surface area contributed by atoms with Crippen LogP contribution in [0.3, 0.4) is 0 Å². The van der Waals surface area contributed by atoms with Crippen LogP contribution in [0.25, 0.3) is 17.2 Å². The summed E-state index contributed by atoms with van der Waals surface area (Å²) in [5, 5.41) is 9.61. The lowest BCUT2D eigenvalue weighted by atomic mass is 9.83. The maximum atomic E-state index is 13.4. The van der Waals surface area contributed by atoms with E-state index in [2.05, 4.69) is 119 Å². The van der Waals surface area contributed by atoms with Gasteiger partial charge in [-0.1, -0.05) is 155 Å². The maximum absolute atomic E-state index is 13.4. The van der Waals surface area contributed by atoms with Crippen molar-refractivity contribution in [1.29, 1.82) is 5.26 Å². The van der Waals surface area contributed by atoms with E-state index in [0.29, 0.717) is 22.4 Å². The molecule has 0 radical (unpaired) electrons. The standard InChI is InChI=1S/C58H79NO4Si/c1-40(2)18-15-19-43(7)20-16-21-44(8)22-17-36-58(12)37-35-53-47(11)56(45(9)46(10)57(53)62-58)61-55(60)34-29-48-25-27-49(28-26-48)39-64(41(3)4,42(5)6)63-52-32-30-50(31-33-52)54-24-14-13-23-51(54)38-59/h13-14,23-34,40-44H,15-22,35-37,39H2,1-12H3/b34-29+/t43?,44?,58-/m1/s1. The topological polar surface area (TPSA) is 68.5 Å². The van der Waals surface area contributed by atoms with Crippen molar-refractivity contribution >= 4 is 20.4 Å². The lowest BCUT2D eigenvalue weighted by Crippen LogP contribution is -2.50. The van der Waals surface area contributed by atoms with Crippen molar-refractivity contribution < 1.29 is 18.7 Å². The molecule has 0 aliphatic carbocycles. The number of carbonyl (C=O) groups is 1. The fraction of sp³-hybridized carbons (Fsp3) is 0.517. The Balaban J connectivity index is 1.16. The van der Waals surface area contributed by atoms with E-state index in [-0.39, 0.29) is 11.6 Å². The van der Waals surface area contributed by atoms with E-state index >= 15 is 0 Å². The third-order valence-corrected chi connectivity index (χ3v) is 19.9. The van der Waals surface area contributed by atoms with Gasteiger partial charge < -0.3 is 13.9 Å². The molecule has 6 heteroatoms. The number of fused-ring (bicyclic) bond motifs is 1. The molecular weight excluding hydrogens is 803 g/mol. The highest BCUT2D eigenvalue weighted by Crippen LogP contribution is 2.45. The zero-order valence-corrected chi connectivity index (χ0v) is 42.5. The Morgan fingerprint density at radius 3 is 2.00 bits per heavy atom. The van der Waals surface area contributed by atoms with Crippen molar-refractivity contribution in [3.05, 3.63) is 118 Å². The molecule has 0 fully saturated rings. The number of hydrogen-bond donors (Lipinski definition) is 0. The van der Waals surface area contributed by atoms with Crippen LogP contribution >= 0.6 is 0 Å². The zero-order chi connectivity index (χ0) is 46.6. The second-order valence-corrected chi connectivity index (χ2v) is 25.4. The summed E-state index contributed by atoms with van der Waals surface area (Å²) in [6, 6.07) is 27.5. The minimum atomic E-state index is -2.35. The van der Waals surface area contributed by atoms with E-state index in [1.165, 1.54) is 68.6 Å². The lowest BCUT2D eigenvalue weighted by molar-refractivity contribution is -0.129. The van der Waals surface area contributed by atoms with Gasteiger partial charge in [-0.2, -0.15) is 5.26 Å². The number of rotatable bonds is 22. The van der Waals surface area contributed by atoms with Gasteiger partial charge in [-0.05, 0) is 145 Å². The Labute approximate surface area is 389 Å². The Bertz CT molecular complexity index is 2200. The third kappa shape index (κ3) is 13.2. The van der Waals surface area contributed by atoms with Crippen LogP contribution < -0.4 is 13.9 Å². The number of benzene rings is 4. The van der Waals surface area contributed by atoms with Crippen molar-refractivity contribution in [2.24, 2.45) is 17.8 Å². The summed E-state index contributed by atoms with van der Waals surface area (Å²) in [4.78, 5) is 13.4. The molecular formula is C58H79NO4Si. The zero-order valence-electron chi connectivity index (χ0n) is 41.5. The number of nitrogens with zero attached hydrogens (tertiary/aromatic N) is 1. The molecule has 5 nitrogen and oxygen atoms in total. The number of carbonyl (C=O) groups excluding carboxylic acids is 1.